The van der Waals surface area contributed by atoms with E-state index in [-0.39, 0.29) is 17.9 Å². The number of halogens is 1. The number of hydrogen-bond donors (Lipinski definition) is 1. The van der Waals surface area contributed by atoms with Crippen LogP contribution in [0.15, 0.2) is 30.6 Å². The molecule has 1 aliphatic rings. The standard InChI is InChI=1S/C18H23FN4O/c1-12(2)22-9-7-20-17(22)11-21-18(24)23-8-6-14-4-5-15(19)10-16(14)13(23)3/h4-5,7,9-10,12-13H,6,8,11H2,1-3H3,(H,21,24). The Morgan fingerprint density at radius 2 is 2.25 bits per heavy atom. The van der Waals surface area contributed by atoms with E-state index in [4.69, 9.17) is 0 Å². The number of nitrogens with one attached hydrogen (secondary N) is 1. The molecule has 2 heterocycles. The lowest BCUT2D eigenvalue weighted by Gasteiger charge is -2.35. The van der Waals surface area contributed by atoms with Crippen LogP contribution in [0.2, 0.25) is 0 Å². The third kappa shape index (κ3) is 3.13. The number of urea groups is 1. The second-order valence-corrected chi connectivity index (χ2v) is 6.47. The van der Waals surface area contributed by atoms with E-state index in [1.165, 1.54) is 12.1 Å². The molecule has 0 saturated carbocycles. The van der Waals surface area contributed by atoms with Crippen LogP contribution in [0.3, 0.4) is 0 Å². The van der Waals surface area contributed by atoms with Gasteiger partial charge in [-0.25, -0.2) is 14.2 Å². The van der Waals surface area contributed by atoms with Crippen LogP contribution in [-0.2, 0) is 13.0 Å². The number of rotatable bonds is 3. The quantitative estimate of drug-likeness (QED) is 0.937. The summed E-state index contributed by atoms with van der Waals surface area (Å²) in [7, 11) is 0. The smallest absolute Gasteiger partial charge is 0.318 e. The van der Waals surface area contributed by atoms with Gasteiger partial charge < -0.3 is 14.8 Å². The van der Waals surface area contributed by atoms with Crippen LogP contribution in [0.4, 0.5) is 9.18 Å². The molecule has 3 rings (SSSR count). The zero-order chi connectivity index (χ0) is 17.3. The summed E-state index contributed by atoms with van der Waals surface area (Å²) in [6.45, 7) is 7.09. The molecule has 0 bridgehead atoms. The molecule has 0 radical (unpaired) electrons. The average Bonchev–Trinajstić information content (AvgIpc) is 3.02. The van der Waals surface area contributed by atoms with Crippen LogP contribution < -0.4 is 5.32 Å². The molecule has 0 spiro atoms. The molecule has 1 unspecified atom stereocenters. The van der Waals surface area contributed by atoms with Crippen LogP contribution in [0, 0.1) is 5.82 Å². The van der Waals surface area contributed by atoms with Gasteiger partial charge in [0.25, 0.3) is 0 Å². The molecule has 24 heavy (non-hydrogen) atoms. The van der Waals surface area contributed by atoms with Crippen molar-refractivity contribution in [2.24, 2.45) is 0 Å². The second kappa shape index (κ2) is 6.63. The van der Waals surface area contributed by atoms with Gasteiger partial charge in [0.2, 0.25) is 0 Å². The summed E-state index contributed by atoms with van der Waals surface area (Å²) in [4.78, 5) is 18.6. The molecular formula is C18H23FN4O. The summed E-state index contributed by atoms with van der Waals surface area (Å²) in [6.07, 6.45) is 4.40. The Bertz CT molecular complexity index is 740. The van der Waals surface area contributed by atoms with Crippen LogP contribution in [0.5, 0.6) is 0 Å². The monoisotopic (exact) mass is 330 g/mol. The Morgan fingerprint density at radius 3 is 3.00 bits per heavy atom. The largest absolute Gasteiger partial charge is 0.331 e. The fourth-order valence-corrected chi connectivity index (χ4v) is 3.27. The molecule has 6 heteroatoms. The molecule has 1 aliphatic heterocycles. The summed E-state index contributed by atoms with van der Waals surface area (Å²) in [6, 6.07) is 4.83. The van der Waals surface area contributed by atoms with Gasteiger partial charge in [-0.3, -0.25) is 0 Å². The molecule has 5 nitrogen and oxygen atoms in total. The van der Waals surface area contributed by atoms with Gasteiger partial charge in [0.1, 0.15) is 11.6 Å². The Kier molecular flexibility index (Phi) is 4.55. The van der Waals surface area contributed by atoms with Gasteiger partial charge in [-0.2, -0.15) is 0 Å². The Morgan fingerprint density at radius 1 is 1.46 bits per heavy atom. The van der Waals surface area contributed by atoms with Crippen molar-refractivity contribution in [2.75, 3.05) is 6.54 Å². The molecule has 128 valence electrons. The van der Waals surface area contributed by atoms with E-state index in [0.717, 1.165) is 23.4 Å². The van der Waals surface area contributed by atoms with Crippen molar-refractivity contribution in [1.82, 2.24) is 19.8 Å². The number of carbonyl (C=O) groups is 1. The van der Waals surface area contributed by atoms with E-state index >= 15 is 0 Å². The predicted octanol–water partition coefficient (Wildman–Crippen LogP) is 3.43. The van der Waals surface area contributed by atoms with E-state index in [2.05, 4.69) is 24.1 Å². The Balaban J connectivity index is 1.68. The van der Waals surface area contributed by atoms with Gasteiger partial charge >= 0.3 is 6.03 Å². The zero-order valence-corrected chi connectivity index (χ0v) is 14.3. The number of nitrogens with zero attached hydrogens (tertiary/aromatic N) is 3. The van der Waals surface area contributed by atoms with Gasteiger partial charge in [0.05, 0.1) is 12.6 Å². The zero-order valence-electron chi connectivity index (χ0n) is 14.3. The number of hydrogen-bond acceptors (Lipinski definition) is 2. The van der Waals surface area contributed by atoms with Crippen molar-refractivity contribution in [1.29, 1.82) is 0 Å². The minimum absolute atomic E-state index is 0.143. The minimum Gasteiger partial charge on any atom is -0.331 e. The first-order valence-corrected chi connectivity index (χ1v) is 8.32. The Labute approximate surface area is 141 Å². The first-order valence-electron chi connectivity index (χ1n) is 8.32. The molecular weight excluding hydrogens is 307 g/mol. The van der Waals surface area contributed by atoms with Gasteiger partial charge in [-0.15, -0.1) is 0 Å². The van der Waals surface area contributed by atoms with Crippen molar-refractivity contribution >= 4 is 6.03 Å². The first kappa shape index (κ1) is 16.5. The van der Waals surface area contributed by atoms with Gasteiger partial charge in [-0.05, 0) is 50.5 Å². The lowest BCUT2D eigenvalue weighted by molar-refractivity contribution is 0.173. The number of aromatic nitrogens is 2. The Hall–Kier alpha value is -2.37. The normalized spacial score (nSPS) is 17.0. The third-order valence-corrected chi connectivity index (χ3v) is 4.61. The fraction of sp³-hybridized carbons (Fsp3) is 0.444. The molecule has 2 amide bonds. The maximum Gasteiger partial charge on any atom is 0.318 e. The summed E-state index contributed by atoms with van der Waals surface area (Å²) >= 11 is 0. The molecule has 2 aromatic rings. The van der Waals surface area contributed by atoms with Crippen molar-refractivity contribution in [3.8, 4) is 0 Å². The van der Waals surface area contributed by atoms with E-state index in [1.54, 1.807) is 11.1 Å². The first-order chi connectivity index (χ1) is 11.5. The second-order valence-electron chi connectivity index (χ2n) is 6.47. The van der Waals surface area contributed by atoms with Crippen LogP contribution in [-0.4, -0.2) is 27.0 Å². The number of benzene rings is 1. The molecule has 1 N–H and O–H groups in total. The highest BCUT2D eigenvalue weighted by Crippen LogP contribution is 2.29. The highest BCUT2D eigenvalue weighted by atomic mass is 19.1. The number of amides is 2. The van der Waals surface area contributed by atoms with Gasteiger partial charge in [0.15, 0.2) is 0 Å². The van der Waals surface area contributed by atoms with E-state index in [9.17, 15) is 9.18 Å². The topological polar surface area (TPSA) is 50.2 Å². The minimum atomic E-state index is -0.262. The van der Waals surface area contributed by atoms with Crippen molar-refractivity contribution in [2.45, 2.75) is 45.8 Å². The number of carbonyl (C=O) groups excluding carboxylic acids is 1. The summed E-state index contributed by atoms with van der Waals surface area (Å²) in [5, 5.41) is 2.94. The average molecular weight is 330 g/mol. The van der Waals surface area contributed by atoms with Crippen LogP contribution >= 0.6 is 0 Å². The van der Waals surface area contributed by atoms with Crippen LogP contribution in [0.1, 0.15) is 49.8 Å². The summed E-state index contributed by atoms with van der Waals surface area (Å²) in [5.41, 5.74) is 2.00. The summed E-state index contributed by atoms with van der Waals surface area (Å²) < 4.78 is 15.6. The maximum atomic E-state index is 13.5. The highest BCUT2D eigenvalue weighted by molar-refractivity contribution is 5.75. The van der Waals surface area contributed by atoms with Gasteiger partial charge in [-0.1, -0.05) is 6.07 Å². The van der Waals surface area contributed by atoms with Crippen LogP contribution in [0.25, 0.3) is 0 Å². The highest BCUT2D eigenvalue weighted by Gasteiger charge is 2.28. The van der Waals surface area contributed by atoms with Gasteiger partial charge in [0, 0.05) is 25.0 Å². The fourth-order valence-electron chi connectivity index (χ4n) is 3.27. The number of fused-ring (bicyclic) bond motifs is 1. The molecule has 1 aromatic carbocycles. The van der Waals surface area contributed by atoms with Crippen molar-refractivity contribution in [3.05, 3.63) is 53.4 Å². The molecule has 1 aromatic heterocycles. The third-order valence-electron chi connectivity index (χ3n) is 4.61. The molecule has 0 aliphatic carbocycles. The van der Waals surface area contributed by atoms with E-state index in [1.807, 2.05) is 23.8 Å². The molecule has 0 saturated heterocycles. The summed E-state index contributed by atoms with van der Waals surface area (Å²) in [5.74, 6) is 0.566. The van der Waals surface area contributed by atoms with Crippen molar-refractivity contribution < 1.29 is 9.18 Å². The lowest BCUT2D eigenvalue weighted by Crippen LogP contribution is -2.44. The van der Waals surface area contributed by atoms with E-state index < -0.39 is 0 Å². The SMILES string of the molecule is CC1c2cc(F)ccc2CCN1C(=O)NCc1nccn1C(C)C. The molecule has 1 atom stereocenters. The predicted molar refractivity (Wildman–Crippen MR) is 90.1 cm³/mol. The lowest BCUT2D eigenvalue weighted by atomic mass is 9.94. The number of imidazole rings is 1. The maximum absolute atomic E-state index is 13.5. The molecule has 0 fully saturated rings. The van der Waals surface area contributed by atoms with Crippen molar-refractivity contribution in [3.63, 3.8) is 0 Å². The van der Waals surface area contributed by atoms with E-state index in [0.29, 0.717) is 19.1 Å².